The van der Waals surface area contributed by atoms with Crippen molar-refractivity contribution >= 4 is 5.82 Å². The molecule has 2 aromatic heterocycles. The van der Waals surface area contributed by atoms with E-state index in [1.807, 2.05) is 25.4 Å². The molecular weight excluding hydrogens is 310 g/mol. The van der Waals surface area contributed by atoms with Gasteiger partial charge in [-0.3, -0.25) is 4.98 Å². The summed E-state index contributed by atoms with van der Waals surface area (Å²) in [5.41, 5.74) is 2.47. The first-order valence-corrected chi connectivity index (χ1v) is 9.46. The monoisotopic (exact) mass is 339 g/mol. The van der Waals surface area contributed by atoms with Crippen LogP contribution in [0.5, 0.6) is 0 Å². The molecule has 0 aliphatic carbocycles. The van der Waals surface area contributed by atoms with Gasteiger partial charge in [-0.15, -0.1) is 0 Å². The molecule has 1 aliphatic heterocycles. The summed E-state index contributed by atoms with van der Waals surface area (Å²) in [7, 11) is 0. The van der Waals surface area contributed by atoms with Gasteiger partial charge in [0.2, 0.25) is 0 Å². The van der Waals surface area contributed by atoms with Crippen molar-refractivity contribution in [3.8, 4) is 0 Å². The molecule has 0 bridgehead atoms. The van der Waals surface area contributed by atoms with Crippen LogP contribution >= 0.6 is 0 Å². The van der Waals surface area contributed by atoms with Crippen molar-refractivity contribution < 1.29 is 0 Å². The summed E-state index contributed by atoms with van der Waals surface area (Å²) in [6.45, 7) is 7.33. The predicted octanol–water partition coefficient (Wildman–Crippen LogP) is 2.93. The van der Waals surface area contributed by atoms with E-state index in [-0.39, 0.29) is 0 Å². The summed E-state index contributed by atoms with van der Waals surface area (Å²) in [6, 6.07) is 6.92. The standard InChI is InChI=1S/C20H29N5/c1-3-5-19-14-20(24-16(2)23-19)25-12-8-18(9-13-25)22-11-7-17-6-4-10-21-15-17/h4,6,10,14-15,18,22H,3,5,7-9,11-13H2,1-2H3. The molecule has 0 radical (unpaired) electrons. The molecule has 25 heavy (non-hydrogen) atoms. The van der Waals surface area contributed by atoms with Crippen LogP contribution in [0.1, 0.15) is 43.3 Å². The maximum Gasteiger partial charge on any atom is 0.132 e. The van der Waals surface area contributed by atoms with Crippen molar-refractivity contribution in [2.75, 3.05) is 24.5 Å². The van der Waals surface area contributed by atoms with E-state index >= 15 is 0 Å². The normalized spacial score (nSPS) is 15.5. The van der Waals surface area contributed by atoms with Crippen molar-refractivity contribution in [3.63, 3.8) is 0 Å². The minimum atomic E-state index is 0.603. The van der Waals surface area contributed by atoms with E-state index in [1.54, 1.807) is 0 Å². The largest absolute Gasteiger partial charge is 0.356 e. The average molecular weight is 339 g/mol. The number of hydrogen-bond acceptors (Lipinski definition) is 5. The molecule has 5 nitrogen and oxygen atoms in total. The van der Waals surface area contributed by atoms with Gasteiger partial charge in [0.05, 0.1) is 0 Å². The fraction of sp³-hybridized carbons (Fsp3) is 0.550. The number of rotatable bonds is 7. The number of hydrogen-bond donors (Lipinski definition) is 1. The van der Waals surface area contributed by atoms with Crippen molar-refractivity contribution in [2.45, 2.75) is 52.0 Å². The van der Waals surface area contributed by atoms with Crippen LogP contribution in [-0.2, 0) is 12.8 Å². The van der Waals surface area contributed by atoms with Crippen LogP contribution in [0.2, 0.25) is 0 Å². The molecule has 5 heteroatoms. The van der Waals surface area contributed by atoms with Gasteiger partial charge in [-0.2, -0.15) is 0 Å². The van der Waals surface area contributed by atoms with Crippen molar-refractivity contribution in [2.24, 2.45) is 0 Å². The second kappa shape index (κ2) is 8.90. The average Bonchev–Trinajstić information content (AvgIpc) is 2.63. The van der Waals surface area contributed by atoms with Gasteiger partial charge >= 0.3 is 0 Å². The Kier molecular flexibility index (Phi) is 6.34. The Bertz CT molecular complexity index is 650. The van der Waals surface area contributed by atoms with Crippen LogP contribution in [0.25, 0.3) is 0 Å². The van der Waals surface area contributed by atoms with Crippen LogP contribution in [0.15, 0.2) is 30.6 Å². The summed E-state index contributed by atoms with van der Waals surface area (Å²) in [4.78, 5) is 15.8. The number of piperidine rings is 1. The molecular formula is C20H29N5. The first-order chi connectivity index (χ1) is 12.2. The van der Waals surface area contributed by atoms with Crippen molar-refractivity contribution in [1.82, 2.24) is 20.3 Å². The zero-order valence-electron chi connectivity index (χ0n) is 15.4. The highest BCUT2D eigenvalue weighted by atomic mass is 15.2. The Morgan fingerprint density at radius 1 is 1.20 bits per heavy atom. The molecule has 2 aromatic rings. The number of aromatic nitrogens is 3. The molecule has 0 aromatic carbocycles. The quantitative estimate of drug-likeness (QED) is 0.840. The predicted molar refractivity (Wildman–Crippen MR) is 102 cm³/mol. The third kappa shape index (κ3) is 5.23. The zero-order chi connectivity index (χ0) is 17.5. The van der Waals surface area contributed by atoms with E-state index in [1.165, 1.54) is 24.1 Å². The van der Waals surface area contributed by atoms with Gasteiger partial charge in [0.1, 0.15) is 11.6 Å². The summed E-state index contributed by atoms with van der Waals surface area (Å²) >= 11 is 0. The number of nitrogens with one attached hydrogen (secondary N) is 1. The third-order valence-electron chi connectivity index (χ3n) is 4.77. The molecule has 0 saturated carbocycles. The van der Waals surface area contributed by atoms with Crippen LogP contribution in [0.3, 0.4) is 0 Å². The van der Waals surface area contributed by atoms with Gasteiger partial charge in [0.25, 0.3) is 0 Å². The van der Waals surface area contributed by atoms with E-state index in [2.05, 4.69) is 44.2 Å². The first-order valence-electron chi connectivity index (χ1n) is 9.46. The second-order valence-corrected chi connectivity index (χ2v) is 6.84. The maximum absolute atomic E-state index is 4.65. The van der Waals surface area contributed by atoms with Gasteiger partial charge in [-0.05, 0) is 50.8 Å². The summed E-state index contributed by atoms with van der Waals surface area (Å²) in [5, 5.41) is 3.70. The highest BCUT2D eigenvalue weighted by molar-refractivity contribution is 5.40. The highest BCUT2D eigenvalue weighted by Gasteiger charge is 2.20. The van der Waals surface area contributed by atoms with Crippen LogP contribution in [0.4, 0.5) is 5.82 Å². The molecule has 0 spiro atoms. The van der Waals surface area contributed by atoms with Gasteiger partial charge in [-0.25, -0.2) is 9.97 Å². The molecule has 0 amide bonds. The van der Waals surface area contributed by atoms with Gasteiger partial charge in [0, 0.05) is 43.3 Å². The zero-order valence-corrected chi connectivity index (χ0v) is 15.4. The van der Waals surface area contributed by atoms with E-state index in [0.29, 0.717) is 6.04 Å². The minimum Gasteiger partial charge on any atom is -0.356 e. The lowest BCUT2D eigenvalue weighted by Crippen LogP contribution is -2.43. The van der Waals surface area contributed by atoms with Crippen LogP contribution in [0, 0.1) is 6.92 Å². The molecule has 3 rings (SSSR count). The lowest BCUT2D eigenvalue weighted by molar-refractivity contribution is 0.416. The number of aryl methyl sites for hydroxylation is 2. The number of nitrogens with zero attached hydrogens (tertiary/aromatic N) is 4. The first kappa shape index (κ1) is 17.8. The van der Waals surface area contributed by atoms with Crippen molar-refractivity contribution in [3.05, 3.63) is 47.7 Å². The Hall–Kier alpha value is -2.01. The molecule has 0 unspecified atom stereocenters. The number of anilines is 1. The van der Waals surface area contributed by atoms with Gasteiger partial charge < -0.3 is 10.2 Å². The second-order valence-electron chi connectivity index (χ2n) is 6.84. The van der Waals surface area contributed by atoms with Gasteiger partial charge in [0.15, 0.2) is 0 Å². The smallest absolute Gasteiger partial charge is 0.132 e. The molecule has 1 N–H and O–H groups in total. The minimum absolute atomic E-state index is 0.603. The van der Waals surface area contributed by atoms with Crippen LogP contribution < -0.4 is 10.2 Å². The van der Waals surface area contributed by atoms with E-state index in [4.69, 9.17) is 0 Å². The third-order valence-corrected chi connectivity index (χ3v) is 4.77. The molecule has 134 valence electrons. The van der Waals surface area contributed by atoms with Gasteiger partial charge in [-0.1, -0.05) is 19.4 Å². The topological polar surface area (TPSA) is 53.9 Å². The lowest BCUT2D eigenvalue weighted by atomic mass is 10.0. The summed E-state index contributed by atoms with van der Waals surface area (Å²) in [5.74, 6) is 1.99. The SMILES string of the molecule is CCCc1cc(N2CCC(NCCc3cccnc3)CC2)nc(C)n1. The Labute approximate surface area is 150 Å². The van der Waals surface area contributed by atoms with Crippen LogP contribution in [-0.4, -0.2) is 40.6 Å². The molecule has 1 saturated heterocycles. The summed E-state index contributed by atoms with van der Waals surface area (Å²) in [6.07, 6.45) is 9.31. The molecule has 0 atom stereocenters. The van der Waals surface area contributed by atoms with E-state index in [0.717, 1.165) is 50.5 Å². The van der Waals surface area contributed by atoms with E-state index < -0.39 is 0 Å². The summed E-state index contributed by atoms with van der Waals surface area (Å²) < 4.78 is 0. The fourth-order valence-electron chi connectivity index (χ4n) is 3.44. The number of pyridine rings is 1. The van der Waals surface area contributed by atoms with E-state index in [9.17, 15) is 0 Å². The molecule has 3 heterocycles. The molecule has 1 aliphatic rings. The molecule has 1 fully saturated rings. The highest BCUT2D eigenvalue weighted by Crippen LogP contribution is 2.19. The lowest BCUT2D eigenvalue weighted by Gasteiger charge is -2.33. The Morgan fingerprint density at radius 3 is 2.76 bits per heavy atom. The maximum atomic E-state index is 4.65. The van der Waals surface area contributed by atoms with Crippen molar-refractivity contribution in [1.29, 1.82) is 0 Å². The fourth-order valence-corrected chi connectivity index (χ4v) is 3.44. The Balaban J connectivity index is 1.47. The Morgan fingerprint density at radius 2 is 2.04 bits per heavy atom.